The minimum absolute atomic E-state index is 0.0696. The maximum absolute atomic E-state index is 12.9. The van der Waals surface area contributed by atoms with Gasteiger partial charge in [0.25, 0.3) is 0 Å². The lowest BCUT2D eigenvalue weighted by molar-refractivity contribution is 0.0472. The number of hydrogen-bond acceptors (Lipinski definition) is 7. The number of hydrogen-bond donors (Lipinski definition) is 0. The van der Waals surface area contributed by atoms with Crippen molar-refractivity contribution < 1.29 is 32.2 Å². The number of ether oxygens (including phenoxy) is 4. The van der Waals surface area contributed by atoms with Crippen LogP contribution in [0.1, 0.15) is 21.5 Å². The van der Waals surface area contributed by atoms with Crippen LogP contribution in [0, 0.1) is 0 Å². The summed E-state index contributed by atoms with van der Waals surface area (Å²) in [4.78, 5) is 12.8. The molecule has 3 aromatic rings. The topological polar surface area (TPSA) is 91.4 Å². The first-order chi connectivity index (χ1) is 17.0. The Hall–Kier alpha value is -3.40. The van der Waals surface area contributed by atoms with Crippen molar-refractivity contribution in [3.05, 3.63) is 89.5 Å². The molecule has 0 N–H and O–H groups in total. The van der Waals surface area contributed by atoms with Crippen molar-refractivity contribution in [2.24, 2.45) is 0 Å². The SMILES string of the molecule is COc1cc(C(=O)OCc2cccc(S(=O)(=O)N3CCOCC3)c2)ccc1OCc1ccccc1. The molecule has 1 saturated heterocycles. The van der Waals surface area contributed by atoms with Crippen LogP contribution >= 0.6 is 0 Å². The standard InChI is InChI=1S/C26H27NO7S/c1-31-25-17-22(10-11-24(25)33-18-20-6-3-2-4-7-20)26(28)34-19-21-8-5-9-23(16-21)35(29,30)27-12-14-32-15-13-27/h2-11,16-17H,12-15,18-19H2,1H3. The average molecular weight is 498 g/mol. The first kappa shape index (κ1) is 24.7. The quantitative estimate of drug-likeness (QED) is 0.417. The highest BCUT2D eigenvalue weighted by Gasteiger charge is 2.26. The first-order valence-corrected chi connectivity index (χ1v) is 12.6. The fraction of sp³-hybridized carbons (Fsp3) is 0.269. The lowest BCUT2D eigenvalue weighted by atomic mass is 10.2. The number of methoxy groups -OCH3 is 1. The Kier molecular flexibility index (Phi) is 8.02. The number of benzene rings is 3. The fourth-order valence-corrected chi connectivity index (χ4v) is 5.09. The number of nitrogens with zero attached hydrogens (tertiary/aromatic N) is 1. The van der Waals surface area contributed by atoms with Gasteiger partial charge in [-0.2, -0.15) is 4.31 Å². The summed E-state index contributed by atoms with van der Waals surface area (Å²) in [7, 11) is -2.13. The van der Waals surface area contributed by atoms with Gasteiger partial charge in [0.05, 0.1) is 30.8 Å². The smallest absolute Gasteiger partial charge is 0.338 e. The second kappa shape index (κ2) is 11.4. The fourth-order valence-electron chi connectivity index (χ4n) is 3.61. The Bertz CT molecular complexity index is 1260. The van der Waals surface area contributed by atoms with Crippen LogP contribution in [0.2, 0.25) is 0 Å². The van der Waals surface area contributed by atoms with E-state index < -0.39 is 16.0 Å². The Morgan fingerprint density at radius 3 is 2.37 bits per heavy atom. The highest BCUT2D eigenvalue weighted by atomic mass is 32.2. The maximum atomic E-state index is 12.9. The number of esters is 1. The second-order valence-corrected chi connectivity index (χ2v) is 9.82. The van der Waals surface area contributed by atoms with Crippen LogP contribution in [0.25, 0.3) is 0 Å². The van der Waals surface area contributed by atoms with Gasteiger partial charge < -0.3 is 18.9 Å². The van der Waals surface area contributed by atoms with Gasteiger partial charge in [-0.05, 0) is 41.5 Å². The van der Waals surface area contributed by atoms with E-state index in [4.69, 9.17) is 18.9 Å². The average Bonchev–Trinajstić information content (AvgIpc) is 2.91. The van der Waals surface area contributed by atoms with Gasteiger partial charge in [0.1, 0.15) is 13.2 Å². The summed E-state index contributed by atoms with van der Waals surface area (Å²) >= 11 is 0. The molecular weight excluding hydrogens is 470 g/mol. The van der Waals surface area contributed by atoms with E-state index in [1.54, 1.807) is 30.3 Å². The summed E-state index contributed by atoms with van der Waals surface area (Å²) in [6, 6.07) is 21.0. The summed E-state index contributed by atoms with van der Waals surface area (Å²) < 4.78 is 49.0. The van der Waals surface area contributed by atoms with Crippen LogP contribution < -0.4 is 9.47 Å². The zero-order valence-corrected chi connectivity index (χ0v) is 20.2. The van der Waals surface area contributed by atoms with E-state index in [0.717, 1.165) is 5.56 Å². The minimum Gasteiger partial charge on any atom is -0.493 e. The largest absolute Gasteiger partial charge is 0.493 e. The predicted molar refractivity (Wildman–Crippen MR) is 129 cm³/mol. The maximum Gasteiger partial charge on any atom is 0.338 e. The molecule has 0 bridgehead atoms. The molecule has 0 saturated carbocycles. The van der Waals surface area contributed by atoms with Crippen LogP contribution in [0.5, 0.6) is 11.5 Å². The van der Waals surface area contributed by atoms with Crippen molar-refractivity contribution in [2.45, 2.75) is 18.1 Å². The number of carbonyl (C=O) groups excluding carboxylic acids is 1. The Morgan fingerprint density at radius 1 is 0.886 bits per heavy atom. The van der Waals surface area contributed by atoms with Gasteiger partial charge in [-0.15, -0.1) is 0 Å². The van der Waals surface area contributed by atoms with Gasteiger partial charge in [0.15, 0.2) is 11.5 Å². The number of rotatable bonds is 9. The monoisotopic (exact) mass is 497 g/mol. The van der Waals surface area contributed by atoms with Crippen LogP contribution in [0.15, 0.2) is 77.7 Å². The molecule has 0 radical (unpaired) electrons. The van der Waals surface area contributed by atoms with E-state index in [1.165, 1.54) is 23.5 Å². The van der Waals surface area contributed by atoms with Gasteiger partial charge in [0.2, 0.25) is 10.0 Å². The molecule has 35 heavy (non-hydrogen) atoms. The lowest BCUT2D eigenvalue weighted by Gasteiger charge is -2.26. The molecule has 1 aliphatic heterocycles. The van der Waals surface area contributed by atoms with Crippen molar-refractivity contribution in [3.63, 3.8) is 0 Å². The number of sulfonamides is 1. The molecule has 1 aliphatic rings. The van der Waals surface area contributed by atoms with Gasteiger partial charge in [-0.25, -0.2) is 13.2 Å². The third-order valence-corrected chi connectivity index (χ3v) is 7.41. The summed E-state index contributed by atoms with van der Waals surface area (Å²) in [6.45, 7) is 1.67. The highest BCUT2D eigenvalue weighted by Crippen LogP contribution is 2.29. The molecule has 0 amide bonds. The molecule has 184 valence electrons. The summed E-state index contributed by atoms with van der Waals surface area (Å²) in [5.41, 5.74) is 1.88. The lowest BCUT2D eigenvalue weighted by Crippen LogP contribution is -2.40. The summed E-state index contributed by atoms with van der Waals surface area (Å²) in [6.07, 6.45) is 0. The molecule has 3 aromatic carbocycles. The van der Waals surface area contributed by atoms with Crippen molar-refractivity contribution in [3.8, 4) is 11.5 Å². The van der Waals surface area contributed by atoms with Gasteiger partial charge in [-0.3, -0.25) is 0 Å². The van der Waals surface area contributed by atoms with Crippen LogP contribution in [0.4, 0.5) is 0 Å². The first-order valence-electron chi connectivity index (χ1n) is 11.2. The summed E-state index contributed by atoms with van der Waals surface area (Å²) in [5.74, 6) is 0.363. The number of carbonyl (C=O) groups is 1. The Labute approximate surface area is 205 Å². The van der Waals surface area contributed by atoms with Gasteiger partial charge in [-0.1, -0.05) is 42.5 Å². The Morgan fingerprint density at radius 2 is 1.63 bits per heavy atom. The molecule has 0 atom stereocenters. The van der Waals surface area contributed by atoms with Crippen molar-refractivity contribution in [1.29, 1.82) is 0 Å². The van der Waals surface area contributed by atoms with E-state index in [2.05, 4.69) is 0 Å². The molecule has 1 heterocycles. The van der Waals surface area contributed by atoms with Gasteiger partial charge in [0, 0.05) is 13.1 Å². The predicted octanol–water partition coefficient (Wildman–Crippen LogP) is 3.65. The molecule has 1 fully saturated rings. The molecule has 0 unspecified atom stereocenters. The van der Waals surface area contributed by atoms with Gasteiger partial charge >= 0.3 is 5.97 Å². The van der Waals surface area contributed by atoms with Crippen LogP contribution in [0.3, 0.4) is 0 Å². The molecule has 4 rings (SSSR count). The zero-order chi connectivity index (χ0) is 24.7. The van der Waals surface area contributed by atoms with Crippen molar-refractivity contribution >= 4 is 16.0 Å². The highest BCUT2D eigenvalue weighted by molar-refractivity contribution is 7.89. The normalized spacial score (nSPS) is 14.3. The third-order valence-electron chi connectivity index (χ3n) is 5.51. The van der Waals surface area contributed by atoms with Crippen LogP contribution in [-0.2, 0) is 32.7 Å². The minimum atomic E-state index is -3.63. The van der Waals surface area contributed by atoms with E-state index >= 15 is 0 Å². The molecule has 9 heteroatoms. The van der Waals surface area contributed by atoms with Crippen LogP contribution in [-0.4, -0.2) is 52.1 Å². The van der Waals surface area contributed by atoms with E-state index in [0.29, 0.717) is 55.5 Å². The molecule has 8 nitrogen and oxygen atoms in total. The Balaban J connectivity index is 1.39. The third kappa shape index (κ3) is 6.19. The molecular formula is C26H27NO7S. The number of morpholine rings is 1. The van der Waals surface area contributed by atoms with E-state index in [9.17, 15) is 13.2 Å². The molecule has 0 aromatic heterocycles. The van der Waals surface area contributed by atoms with E-state index in [-0.39, 0.29) is 11.5 Å². The second-order valence-electron chi connectivity index (χ2n) is 7.88. The van der Waals surface area contributed by atoms with E-state index in [1.807, 2.05) is 30.3 Å². The van der Waals surface area contributed by atoms with Crippen molar-refractivity contribution in [1.82, 2.24) is 4.31 Å². The molecule has 0 aliphatic carbocycles. The van der Waals surface area contributed by atoms with Crippen molar-refractivity contribution in [2.75, 3.05) is 33.4 Å². The summed E-state index contributed by atoms with van der Waals surface area (Å²) in [5, 5.41) is 0. The molecule has 0 spiro atoms. The zero-order valence-electron chi connectivity index (χ0n) is 19.4.